The van der Waals surface area contributed by atoms with Crippen LogP contribution < -0.4 is 4.74 Å². The minimum atomic E-state index is 0.492. The Balaban J connectivity index is 2.84. The average molecular weight is 240 g/mol. The van der Waals surface area contributed by atoms with Crippen molar-refractivity contribution in [2.75, 3.05) is 7.11 Å². The van der Waals surface area contributed by atoms with E-state index in [0.29, 0.717) is 11.4 Å². The second-order valence-corrected chi connectivity index (χ2v) is 3.22. The zero-order chi connectivity index (χ0) is 9.26. The molecule has 0 N–H and O–H groups in total. The van der Waals surface area contributed by atoms with Gasteiger partial charge in [0, 0.05) is 18.6 Å². The van der Waals surface area contributed by atoms with Gasteiger partial charge >= 0.3 is 0 Å². The fourth-order valence-corrected chi connectivity index (χ4v) is 1.45. The predicted molar refractivity (Wildman–Crippen MR) is 51.6 cm³/mol. The predicted octanol–water partition coefficient (Wildman–Crippen LogP) is 1.80. The second-order valence-electron chi connectivity index (χ2n) is 2.37. The highest BCUT2D eigenvalue weighted by atomic mass is 79.9. The molecule has 13 heavy (non-hydrogen) atoms. The first-order valence-corrected chi connectivity index (χ1v) is 4.41. The van der Waals surface area contributed by atoms with Gasteiger partial charge in [0.2, 0.25) is 5.88 Å². The molecule has 2 heterocycles. The normalized spacial score (nSPS) is 10.3. The summed E-state index contributed by atoms with van der Waals surface area (Å²) in [5.74, 6) is 0.492. The number of hydrogen-bond donors (Lipinski definition) is 0. The van der Waals surface area contributed by atoms with Gasteiger partial charge in [-0.15, -0.1) is 0 Å². The van der Waals surface area contributed by atoms with Crippen LogP contribution in [0.4, 0.5) is 0 Å². The average Bonchev–Trinajstić information content (AvgIpc) is 2.19. The van der Waals surface area contributed by atoms with Crippen molar-refractivity contribution in [2.24, 2.45) is 0 Å². The van der Waals surface area contributed by atoms with Crippen LogP contribution >= 0.6 is 15.9 Å². The Morgan fingerprint density at radius 2 is 1.85 bits per heavy atom. The third-order valence-corrected chi connectivity index (χ3v) is 2.20. The fourth-order valence-electron chi connectivity index (χ4n) is 1.06. The Bertz CT molecular complexity index is 446. The van der Waals surface area contributed by atoms with E-state index in [1.165, 1.54) is 0 Å². The molecular weight excluding hydrogens is 234 g/mol. The van der Waals surface area contributed by atoms with E-state index in [2.05, 4.69) is 30.9 Å². The van der Waals surface area contributed by atoms with E-state index in [1.807, 2.05) is 0 Å². The van der Waals surface area contributed by atoms with Gasteiger partial charge in [0.25, 0.3) is 0 Å². The molecule has 0 aliphatic heterocycles. The Morgan fingerprint density at radius 3 is 2.54 bits per heavy atom. The van der Waals surface area contributed by atoms with E-state index in [4.69, 9.17) is 4.74 Å². The van der Waals surface area contributed by atoms with E-state index in [9.17, 15) is 0 Å². The molecule has 66 valence electrons. The van der Waals surface area contributed by atoms with Gasteiger partial charge in [-0.1, -0.05) is 0 Å². The topological polar surface area (TPSA) is 47.9 Å². The number of methoxy groups -OCH3 is 1. The van der Waals surface area contributed by atoms with E-state index in [1.54, 1.807) is 25.7 Å². The van der Waals surface area contributed by atoms with Crippen molar-refractivity contribution in [3.05, 3.63) is 23.1 Å². The molecule has 4 nitrogen and oxygen atoms in total. The van der Waals surface area contributed by atoms with Crippen molar-refractivity contribution >= 4 is 27.0 Å². The van der Waals surface area contributed by atoms with Crippen molar-refractivity contribution in [3.63, 3.8) is 0 Å². The molecular formula is C8H6BrN3O. The van der Waals surface area contributed by atoms with Gasteiger partial charge in [-0.2, -0.15) is 0 Å². The Labute approximate surface area is 83.1 Å². The van der Waals surface area contributed by atoms with Crippen LogP contribution in [0.2, 0.25) is 0 Å². The number of pyridine rings is 1. The van der Waals surface area contributed by atoms with Crippen molar-refractivity contribution in [3.8, 4) is 5.88 Å². The van der Waals surface area contributed by atoms with Gasteiger partial charge in [0.1, 0.15) is 5.52 Å². The lowest BCUT2D eigenvalue weighted by molar-refractivity contribution is 0.402. The molecule has 0 atom stereocenters. The third-order valence-electron chi connectivity index (χ3n) is 1.62. The molecule has 0 saturated carbocycles. The van der Waals surface area contributed by atoms with E-state index in [-0.39, 0.29) is 0 Å². The highest BCUT2D eigenvalue weighted by Gasteiger charge is 2.07. The third kappa shape index (κ3) is 1.35. The molecule has 5 heteroatoms. The fraction of sp³-hybridized carbons (Fsp3) is 0.125. The molecule has 2 aromatic rings. The Morgan fingerprint density at radius 1 is 1.15 bits per heavy atom. The van der Waals surface area contributed by atoms with Crippen LogP contribution in [0.1, 0.15) is 0 Å². The summed E-state index contributed by atoms with van der Waals surface area (Å²) in [6, 6.07) is 0. The van der Waals surface area contributed by atoms with E-state index >= 15 is 0 Å². The first-order valence-electron chi connectivity index (χ1n) is 3.62. The minimum absolute atomic E-state index is 0.492. The van der Waals surface area contributed by atoms with Gasteiger partial charge < -0.3 is 4.74 Å². The molecule has 0 spiro atoms. The first-order chi connectivity index (χ1) is 6.33. The maximum Gasteiger partial charge on any atom is 0.241 e. The van der Waals surface area contributed by atoms with Gasteiger partial charge in [-0.25, -0.2) is 9.97 Å². The highest BCUT2D eigenvalue weighted by molar-refractivity contribution is 9.10. The first kappa shape index (κ1) is 8.37. The van der Waals surface area contributed by atoms with Crippen LogP contribution in [-0.2, 0) is 0 Å². The summed E-state index contributed by atoms with van der Waals surface area (Å²) in [7, 11) is 1.56. The van der Waals surface area contributed by atoms with Crippen molar-refractivity contribution < 1.29 is 4.74 Å². The molecule has 0 fully saturated rings. The van der Waals surface area contributed by atoms with Crippen LogP contribution in [0.25, 0.3) is 11.0 Å². The van der Waals surface area contributed by atoms with Gasteiger partial charge in [0.15, 0.2) is 5.52 Å². The summed E-state index contributed by atoms with van der Waals surface area (Å²) in [5, 5.41) is 0. The lowest BCUT2D eigenvalue weighted by atomic mass is 10.4. The number of ether oxygens (including phenoxy) is 1. The summed E-state index contributed by atoms with van der Waals surface area (Å²) < 4.78 is 5.86. The summed E-state index contributed by atoms with van der Waals surface area (Å²) >= 11 is 3.34. The lowest BCUT2D eigenvalue weighted by Gasteiger charge is -2.02. The lowest BCUT2D eigenvalue weighted by Crippen LogP contribution is -1.92. The van der Waals surface area contributed by atoms with E-state index in [0.717, 1.165) is 9.99 Å². The molecule has 0 aliphatic rings. The molecule has 0 bridgehead atoms. The SMILES string of the molecule is COc1ncc(Br)c2nccnc12. The smallest absolute Gasteiger partial charge is 0.241 e. The molecule has 0 aromatic carbocycles. The van der Waals surface area contributed by atoms with Crippen LogP contribution in [0.3, 0.4) is 0 Å². The van der Waals surface area contributed by atoms with Crippen LogP contribution in [0.15, 0.2) is 23.1 Å². The summed E-state index contributed by atoms with van der Waals surface area (Å²) in [4.78, 5) is 12.3. The second kappa shape index (κ2) is 3.26. The van der Waals surface area contributed by atoms with Gasteiger partial charge in [0.05, 0.1) is 11.6 Å². The monoisotopic (exact) mass is 239 g/mol. The van der Waals surface area contributed by atoms with Crippen molar-refractivity contribution in [2.45, 2.75) is 0 Å². The summed E-state index contributed by atoms with van der Waals surface area (Å²) in [6.45, 7) is 0. The molecule has 2 rings (SSSR count). The van der Waals surface area contributed by atoms with Gasteiger partial charge in [-0.3, -0.25) is 4.98 Å². The summed E-state index contributed by atoms with van der Waals surface area (Å²) in [6.07, 6.45) is 4.89. The number of nitrogens with zero attached hydrogens (tertiary/aromatic N) is 3. The minimum Gasteiger partial charge on any atom is -0.479 e. The maximum atomic E-state index is 5.05. The van der Waals surface area contributed by atoms with Crippen LogP contribution in [-0.4, -0.2) is 22.1 Å². The largest absolute Gasteiger partial charge is 0.479 e. The maximum absolute atomic E-state index is 5.05. The molecule has 0 amide bonds. The number of fused-ring (bicyclic) bond motifs is 1. The quantitative estimate of drug-likeness (QED) is 0.762. The van der Waals surface area contributed by atoms with E-state index < -0.39 is 0 Å². The zero-order valence-electron chi connectivity index (χ0n) is 6.86. The van der Waals surface area contributed by atoms with Crippen LogP contribution in [0.5, 0.6) is 5.88 Å². The Kier molecular flexibility index (Phi) is 2.10. The molecule has 0 unspecified atom stereocenters. The molecule has 0 radical (unpaired) electrons. The van der Waals surface area contributed by atoms with Crippen LogP contribution in [0, 0.1) is 0 Å². The number of aromatic nitrogens is 3. The number of hydrogen-bond acceptors (Lipinski definition) is 4. The highest BCUT2D eigenvalue weighted by Crippen LogP contribution is 2.24. The molecule has 0 aliphatic carbocycles. The standard InChI is InChI=1S/C8H6BrN3O/c1-13-8-7-6(5(9)4-12-8)10-2-3-11-7/h2-4H,1H3. The number of halogens is 1. The van der Waals surface area contributed by atoms with Crippen molar-refractivity contribution in [1.29, 1.82) is 0 Å². The van der Waals surface area contributed by atoms with Gasteiger partial charge in [-0.05, 0) is 15.9 Å². The zero-order valence-corrected chi connectivity index (χ0v) is 8.45. The van der Waals surface area contributed by atoms with Crippen molar-refractivity contribution in [1.82, 2.24) is 15.0 Å². The molecule has 2 aromatic heterocycles. The number of rotatable bonds is 1. The molecule has 0 saturated heterocycles. The Hall–Kier alpha value is -1.23. The summed E-state index contributed by atoms with van der Waals surface area (Å²) in [5.41, 5.74) is 1.42.